The molecule has 2 aromatic heterocycles. The zero-order chi connectivity index (χ0) is 11.0. The molecule has 1 fully saturated rings. The molecule has 0 atom stereocenters. The molecule has 0 spiro atoms. The Bertz CT molecular complexity index is 480. The van der Waals surface area contributed by atoms with Gasteiger partial charge in [0.15, 0.2) is 5.76 Å². The monoisotopic (exact) mass is 236 g/mol. The van der Waals surface area contributed by atoms with Gasteiger partial charge in [0.2, 0.25) is 6.29 Å². The van der Waals surface area contributed by atoms with Crippen molar-refractivity contribution in [2.24, 2.45) is 0 Å². The maximum atomic E-state index is 5.73. The first kappa shape index (κ1) is 10.1. The third-order valence-corrected chi connectivity index (χ3v) is 3.48. The number of hydrogen-bond donors (Lipinski definition) is 0. The zero-order valence-corrected chi connectivity index (χ0v) is 9.75. The molecule has 84 valence electrons. The molecule has 0 N–H and O–H groups in total. The van der Waals surface area contributed by atoms with Gasteiger partial charge in [-0.05, 0) is 31.2 Å². The van der Waals surface area contributed by atoms with Gasteiger partial charge >= 0.3 is 0 Å². The summed E-state index contributed by atoms with van der Waals surface area (Å²) in [4.78, 5) is 2.42. The highest BCUT2D eigenvalue weighted by Gasteiger charge is 2.22. The van der Waals surface area contributed by atoms with Crippen LogP contribution in [0.15, 0.2) is 28.7 Å². The van der Waals surface area contributed by atoms with Crippen molar-refractivity contribution in [1.82, 2.24) is 0 Å². The van der Waals surface area contributed by atoms with E-state index in [-0.39, 0.29) is 6.29 Å². The smallest absolute Gasteiger partial charge is 0.217 e. The summed E-state index contributed by atoms with van der Waals surface area (Å²) >= 11 is 1.72. The molecule has 4 heteroatoms. The van der Waals surface area contributed by atoms with Crippen LogP contribution in [-0.2, 0) is 9.47 Å². The van der Waals surface area contributed by atoms with E-state index in [1.165, 1.54) is 4.88 Å². The fourth-order valence-electron chi connectivity index (χ4n) is 1.70. The van der Waals surface area contributed by atoms with Gasteiger partial charge in [0.05, 0.1) is 18.1 Å². The Morgan fingerprint density at radius 3 is 2.62 bits per heavy atom. The molecule has 3 nitrogen and oxygen atoms in total. The van der Waals surface area contributed by atoms with Crippen molar-refractivity contribution < 1.29 is 13.9 Å². The SMILES string of the molecule is Cc1ccc(-c2ccc(C3OCCO3)o2)s1. The summed E-state index contributed by atoms with van der Waals surface area (Å²) in [6, 6.07) is 8.04. The van der Waals surface area contributed by atoms with E-state index in [4.69, 9.17) is 13.9 Å². The van der Waals surface area contributed by atoms with Crippen molar-refractivity contribution in [3.8, 4) is 10.6 Å². The van der Waals surface area contributed by atoms with Crippen LogP contribution in [0, 0.1) is 6.92 Å². The van der Waals surface area contributed by atoms with Crippen molar-refractivity contribution >= 4 is 11.3 Å². The Kier molecular flexibility index (Phi) is 2.55. The summed E-state index contributed by atoms with van der Waals surface area (Å²) in [6.45, 7) is 3.36. The first-order chi connectivity index (χ1) is 7.83. The van der Waals surface area contributed by atoms with Crippen LogP contribution in [0.5, 0.6) is 0 Å². The van der Waals surface area contributed by atoms with Gasteiger partial charge in [0.1, 0.15) is 5.76 Å². The van der Waals surface area contributed by atoms with Crippen LogP contribution in [0.3, 0.4) is 0 Å². The Morgan fingerprint density at radius 1 is 1.12 bits per heavy atom. The predicted octanol–water partition coefficient (Wildman–Crippen LogP) is 3.36. The number of ether oxygens (including phenoxy) is 2. The van der Waals surface area contributed by atoms with Gasteiger partial charge in [-0.3, -0.25) is 0 Å². The lowest BCUT2D eigenvalue weighted by Gasteiger charge is -2.03. The molecule has 3 heterocycles. The van der Waals surface area contributed by atoms with Crippen molar-refractivity contribution in [3.63, 3.8) is 0 Å². The molecule has 0 aromatic carbocycles. The Hall–Kier alpha value is -1.10. The van der Waals surface area contributed by atoms with Gasteiger partial charge in [0, 0.05) is 4.88 Å². The Morgan fingerprint density at radius 2 is 1.94 bits per heavy atom. The molecule has 1 saturated heterocycles. The minimum absolute atomic E-state index is 0.324. The quantitative estimate of drug-likeness (QED) is 0.801. The van der Waals surface area contributed by atoms with Crippen LogP contribution < -0.4 is 0 Å². The second kappa shape index (κ2) is 4.05. The molecule has 0 radical (unpaired) electrons. The Labute approximate surface area is 97.6 Å². The van der Waals surface area contributed by atoms with Gasteiger partial charge in [-0.15, -0.1) is 11.3 Å². The summed E-state index contributed by atoms with van der Waals surface area (Å²) in [5.41, 5.74) is 0. The lowest BCUT2D eigenvalue weighted by atomic mass is 10.3. The van der Waals surface area contributed by atoms with E-state index in [1.807, 2.05) is 12.1 Å². The summed E-state index contributed by atoms with van der Waals surface area (Å²) in [5, 5.41) is 0. The number of hydrogen-bond acceptors (Lipinski definition) is 4. The zero-order valence-electron chi connectivity index (χ0n) is 8.93. The van der Waals surface area contributed by atoms with Gasteiger partial charge in [-0.1, -0.05) is 0 Å². The van der Waals surface area contributed by atoms with Crippen LogP contribution in [0.2, 0.25) is 0 Å². The van der Waals surface area contributed by atoms with E-state index in [2.05, 4.69) is 19.1 Å². The predicted molar refractivity (Wildman–Crippen MR) is 61.4 cm³/mol. The van der Waals surface area contributed by atoms with E-state index >= 15 is 0 Å². The van der Waals surface area contributed by atoms with E-state index in [1.54, 1.807) is 11.3 Å². The Balaban J connectivity index is 1.87. The fraction of sp³-hybridized carbons (Fsp3) is 0.333. The molecule has 0 aliphatic carbocycles. The molecular formula is C12H12O3S. The molecule has 16 heavy (non-hydrogen) atoms. The fourth-order valence-corrected chi connectivity index (χ4v) is 2.53. The van der Waals surface area contributed by atoms with Crippen molar-refractivity contribution in [2.75, 3.05) is 13.2 Å². The molecule has 2 aromatic rings. The minimum Gasteiger partial charge on any atom is -0.455 e. The summed E-state index contributed by atoms with van der Waals surface area (Å²) < 4.78 is 16.5. The molecule has 0 saturated carbocycles. The first-order valence-electron chi connectivity index (χ1n) is 5.23. The van der Waals surface area contributed by atoms with Crippen molar-refractivity contribution in [1.29, 1.82) is 0 Å². The van der Waals surface area contributed by atoms with Gasteiger partial charge in [-0.25, -0.2) is 0 Å². The topological polar surface area (TPSA) is 31.6 Å². The average molecular weight is 236 g/mol. The highest BCUT2D eigenvalue weighted by atomic mass is 32.1. The molecular weight excluding hydrogens is 224 g/mol. The molecule has 3 rings (SSSR count). The summed E-state index contributed by atoms with van der Waals surface area (Å²) in [6.07, 6.45) is -0.324. The second-order valence-electron chi connectivity index (χ2n) is 3.69. The molecule has 0 unspecified atom stereocenters. The first-order valence-corrected chi connectivity index (χ1v) is 6.04. The molecule has 0 bridgehead atoms. The van der Waals surface area contributed by atoms with Crippen LogP contribution >= 0.6 is 11.3 Å². The van der Waals surface area contributed by atoms with E-state index in [9.17, 15) is 0 Å². The maximum Gasteiger partial charge on any atom is 0.217 e. The number of rotatable bonds is 2. The highest BCUT2D eigenvalue weighted by Crippen LogP contribution is 2.32. The average Bonchev–Trinajstić information content (AvgIpc) is 2.97. The third-order valence-electron chi connectivity index (χ3n) is 2.46. The van der Waals surface area contributed by atoms with Gasteiger partial charge < -0.3 is 13.9 Å². The van der Waals surface area contributed by atoms with E-state index in [0.717, 1.165) is 16.4 Å². The van der Waals surface area contributed by atoms with E-state index in [0.29, 0.717) is 13.2 Å². The lowest BCUT2D eigenvalue weighted by molar-refractivity contribution is -0.0584. The molecule has 1 aliphatic heterocycles. The minimum atomic E-state index is -0.324. The largest absolute Gasteiger partial charge is 0.455 e. The normalized spacial score (nSPS) is 17.1. The number of thiophene rings is 1. The van der Waals surface area contributed by atoms with Crippen LogP contribution in [0.4, 0.5) is 0 Å². The lowest BCUT2D eigenvalue weighted by Crippen LogP contribution is -1.94. The van der Waals surface area contributed by atoms with Crippen LogP contribution in [0.25, 0.3) is 10.6 Å². The maximum absolute atomic E-state index is 5.73. The second-order valence-corrected chi connectivity index (χ2v) is 4.97. The standard InChI is InChI=1S/C12H12O3S/c1-8-2-5-11(16-8)9-3-4-10(15-9)12-13-6-7-14-12/h2-5,12H,6-7H2,1H3. The van der Waals surface area contributed by atoms with Gasteiger partial charge in [0.25, 0.3) is 0 Å². The molecule has 1 aliphatic rings. The van der Waals surface area contributed by atoms with Crippen LogP contribution in [0.1, 0.15) is 16.9 Å². The van der Waals surface area contributed by atoms with Crippen molar-refractivity contribution in [2.45, 2.75) is 13.2 Å². The summed E-state index contributed by atoms with van der Waals surface area (Å²) in [5.74, 6) is 1.63. The van der Waals surface area contributed by atoms with Crippen molar-refractivity contribution in [3.05, 3.63) is 34.9 Å². The highest BCUT2D eigenvalue weighted by molar-refractivity contribution is 7.15. The van der Waals surface area contributed by atoms with Gasteiger partial charge in [-0.2, -0.15) is 0 Å². The van der Waals surface area contributed by atoms with E-state index < -0.39 is 0 Å². The third kappa shape index (κ3) is 1.80. The molecule has 0 amide bonds. The number of aryl methyl sites for hydroxylation is 1. The number of furan rings is 1. The summed E-state index contributed by atoms with van der Waals surface area (Å²) in [7, 11) is 0. The van der Waals surface area contributed by atoms with Crippen LogP contribution in [-0.4, -0.2) is 13.2 Å².